The first-order valence-corrected chi connectivity index (χ1v) is 7.29. The number of halogens is 1. The highest BCUT2D eigenvalue weighted by atomic mass is 79.9. The van der Waals surface area contributed by atoms with Crippen LogP contribution in [-0.2, 0) is 0 Å². The first-order chi connectivity index (χ1) is 8.06. The molecule has 0 aliphatic carbocycles. The molecule has 3 N–H and O–H groups in total. The van der Waals surface area contributed by atoms with Crippen molar-refractivity contribution >= 4 is 44.9 Å². The van der Waals surface area contributed by atoms with Gasteiger partial charge in [-0.15, -0.1) is 11.3 Å². The molecule has 0 fully saturated rings. The molecule has 1 heterocycles. The zero-order valence-corrected chi connectivity index (χ0v) is 12.2. The lowest BCUT2D eigenvalue weighted by Gasteiger charge is -2.04. The van der Waals surface area contributed by atoms with Crippen molar-refractivity contribution in [1.82, 2.24) is 4.98 Å². The van der Waals surface area contributed by atoms with Crippen LogP contribution < -0.4 is 5.73 Å². The fourth-order valence-corrected chi connectivity index (χ4v) is 3.64. The third-order valence-corrected chi connectivity index (χ3v) is 5.09. The minimum Gasteiger partial charge on any atom is -0.384 e. The maximum atomic E-state index is 7.37. The SMILES string of the molecule is Cc1csc(Sc2ccc(C(=N)N)cc2Br)n1. The van der Waals surface area contributed by atoms with Crippen molar-refractivity contribution in [2.45, 2.75) is 16.2 Å². The zero-order valence-electron chi connectivity index (χ0n) is 9.03. The molecule has 0 radical (unpaired) electrons. The van der Waals surface area contributed by atoms with Crippen molar-refractivity contribution in [3.8, 4) is 0 Å². The number of benzene rings is 1. The van der Waals surface area contributed by atoms with Crippen molar-refractivity contribution < 1.29 is 0 Å². The van der Waals surface area contributed by atoms with E-state index in [4.69, 9.17) is 11.1 Å². The van der Waals surface area contributed by atoms with Crippen LogP contribution in [-0.4, -0.2) is 10.8 Å². The molecule has 0 unspecified atom stereocenters. The average Bonchev–Trinajstić information content (AvgIpc) is 2.67. The van der Waals surface area contributed by atoms with Gasteiger partial charge in [-0.2, -0.15) is 0 Å². The molecule has 0 bridgehead atoms. The fourth-order valence-electron chi connectivity index (χ4n) is 1.22. The summed E-state index contributed by atoms with van der Waals surface area (Å²) < 4.78 is 1.95. The summed E-state index contributed by atoms with van der Waals surface area (Å²) in [4.78, 5) is 5.47. The molecule has 6 heteroatoms. The number of hydrogen-bond donors (Lipinski definition) is 2. The molecule has 0 aliphatic heterocycles. The van der Waals surface area contributed by atoms with Crippen LogP contribution in [0.15, 0.2) is 37.3 Å². The van der Waals surface area contributed by atoms with Gasteiger partial charge >= 0.3 is 0 Å². The highest BCUT2D eigenvalue weighted by Crippen LogP contribution is 2.35. The number of nitrogens with two attached hydrogens (primary N) is 1. The quantitative estimate of drug-likeness (QED) is 0.668. The number of rotatable bonds is 3. The van der Waals surface area contributed by atoms with Crippen LogP contribution >= 0.6 is 39.0 Å². The first-order valence-electron chi connectivity index (χ1n) is 4.80. The maximum absolute atomic E-state index is 7.37. The molecular weight excluding hydrogens is 318 g/mol. The van der Waals surface area contributed by atoms with Crippen molar-refractivity contribution in [1.29, 1.82) is 5.41 Å². The molecule has 2 aromatic rings. The topological polar surface area (TPSA) is 62.8 Å². The van der Waals surface area contributed by atoms with Gasteiger partial charge in [0.05, 0.1) is 0 Å². The number of aromatic nitrogens is 1. The van der Waals surface area contributed by atoms with Crippen LogP contribution in [0.4, 0.5) is 0 Å². The molecule has 1 aromatic heterocycles. The second-order valence-corrected chi connectivity index (χ2v) is 6.42. The lowest BCUT2D eigenvalue weighted by molar-refractivity contribution is 1.16. The standard InChI is InChI=1S/C11H10BrN3S2/c1-6-5-16-11(15-6)17-9-3-2-7(10(13)14)4-8(9)12/h2-5H,1H3,(H3,13,14). The molecule has 1 aromatic carbocycles. The summed E-state index contributed by atoms with van der Waals surface area (Å²) >= 11 is 6.72. The van der Waals surface area contributed by atoms with Crippen LogP contribution in [0.1, 0.15) is 11.3 Å². The van der Waals surface area contributed by atoms with E-state index in [0.29, 0.717) is 0 Å². The van der Waals surface area contributed by atoms with Gasteiger partial charge in [0, 0.05) is 26.0 Å². The van der Waals surface area contributed by atoms with E-state index in [2.05, 4.69) is 20.9 Å². The minimum atomic E-state index is 0.0762. The molecule has 0 aliphatic rings. The Morgan fingerprint density at radius 3 is 2.82 bits per heavy atom. The van der Waals surface area contributed by atoms with Gasteiger partial charge in [0.25, 0.3) is 0 Å². The summed E-state index contributed by atoms with van der Waals surface area (Å²) in [6.45, 7) is 1.98. The van der Waals surface area contributed by atoms with E-state index in [1.54, 1.807) is 23.1 Å². The van der Waals surface area contributed by atoms with Crippen LogP contribution in [0.5, 0.6) is 0 Å². The Labute approximate surface area is 116 Å². The highest BCUT2D eigenvalue weighted by Gasteiger charge is 2.07. The van der Waals surface area contributed by atoms with E-state index in [1.807, 2.05) is 30.5 Å². The Bertz CT molecular complexity index is 566. The van der Waals surface area contributed by atoms with Gasteiger partial charge in [-0.05, 0) is 35.0 Å². The molecule has 0 saturated carbocycles. The van der Waals surface area contributed by atoms with Crippen molar-refractivity contribution in [3.63, 3.8) is 0 Å². The first kappa shape index (κ1) is 12.6. The molecule has 17 heavy (non-hydrogen) atoms. The van der Waals surface area contributed by atoms with Gasteiger partial charge in [0.2, 0.25) is 0 Å². The van der Waals surface area contributed by atoms with Gasteiger partial charge in [-0.25, -0.2) is 4.98 Å². The number of hydrogen-bond acceptors (Lipinski definition) is 4. The Morgan fingerprint density at radius 2 is 2.29 bits per heavy atom. The van der Waals surface area contributed by atoms with Gasteiger partial charge < -0.3 is 5.73 Å². The number of thiazole rings is 1. The summed E-state index contributed by atoms with van der Waals surface area (Å²) in [6.07, 6.45) is 0. The van der Waals surface area contributed by atoms with Crippen LogP contribution in [0, 0.1) is 12.3 Å². The van der Waals surface area contributed by atoms with Crippen molar-refractivity contribution in [2.75, 3.05) is 0 Å². The summed E-state index contributed by atoms with van der Waals surface area (Å²) in [5, 5.41) is 9.39. The summed E-state index contributed by atoms with van der Waals surface area (Å²) in [7, 11) is 0. The van der Waals surface area contributed by atoms with E-state index < -0.39 is 0 Å². The maximum Gasteiger partial charge on any atom is 0.154 e. The average molecular weight is 328 g/mol. The minimum absolute atomic E-state index is 0.0762. The van der Waals surface area contributed by atoms with Gasteiger partial charge in [-0.1, -0.05) is 17.8 Å². The number of nitrogen functional groups attached to an aromatic ring is 1. The largest absolute Gasteiger partial charge is 0.384 e. The summed E-state index contributed by atoms with van der Waals surface area (Å²) in [6, 6.07) is 5.64. The number of aryl methyl sites for hydroxylation is 1. The molecule has 0 atom stereocenters. The smallest absolute Gasteiger partial charge is 0.154 e. The Balaban J connectivity index is 2.25. The van der Waals surface area contributed by atoms with Crippen LogP contribution in [0.25, 0.3) is 0 Å². The Hall–Kier alpha value is -0.850. The van der Waals surface area contributed by atoms with E-state index in [1.165, 1.54) is 0 Å². The monoisotopic (exact) mass is 327 g/mol. The molecule has 88 valence electrons. The van der Waals surface area contributed by atoms with Gasteiger partial charge in [0.15, 0.2) is 4.34 Å². The highest BCUT2D eigenvalue weighted by molar-refractivity contribution is 9.10. The summed E-state index contributed by atoms with van der Waals surface area (Å²) in [5.41, 5.74) is 7.19. The number of amidine groups is 1. The Kier molecular flexibility index (Phi) is 3.86. The van der Waals surface area contributed by atoms with Crippen molar-refractivity contribution in [3.05, 3.63) is 39.3 Å². The van der Waals surface area contributed by atoms with Gasteiger partial charge in [0.1, 0.15) is 5.84 Å². The predicted octanol–water partition coefficient (Wildman–Crippen LogP) is 3.65. The second-order valence-electron chi connectivity index (χ2n) is 3.42. The van der Waals surface area contributed by atoms with E-state index in [9.17, 15) is 0 Å². The second kappa shape index (κ2) is 5.20. The van der Waals surface area contributed by atoms with E-state index in [0.717, 1.165) is 25.0 Å². The third kappa shape index (κ3) is 3.08. The molecule has 0 saturated heterocycles. The molecule has 3 nitrogen and oxygen atoms in total. The predicted molar refractivity (Wildman–Crippen MR) is 76.1 cm³/mol. The number of nitrogens with one attached hydrogen (secondary N) is 1. The lowest BCUT2D eigenvalue weighted by atomic mass is 10.2. The third-order valence-electron chi connectivity index (χ3n) is 2.04. The molecule has 0 spiro atoms. The van der Waals surface area contributed by atoms with Crippen molar-refractivity contribution in [2.24, 2.45) is 5.73 Å². The van der Waals surface area contributed by atoms with Crippen LogP contribution in [0.2, 0.25) is 0 Å². The van der Waals surface area contributed by atoms with E-state index >= 15 is 0 Å². The normalized spacial score (nSPS) is 10.5. The van der Waals surface area contributed by atoms with Crippen LogP contribution in [0.3, 0.4) is 0 Å². The lowest BCUT2D eigenvalue weighted by Crippen LogP contribution is -2.10. The molecule has 0 amide bonds. The van der Waals surface area contributed by atoms with Gasteiger partial charge in [-0.3, -0.25) is 5.41 Å². The Morgan fingerprint density at radius 1 is 1.53 bits per heavy atom. The molecular formula is C11H10BrN3S2. The number of nitrogens with zero attached hydrogens (tertiary/aromatic N) is 1. The fraction of sp³-hybridized carbons (Fsp3) is 0.0909. The summed E-state index contributed by atoms with van der Waals surface area (Å²) in [5.74, 6) is 0.0762. The molecule has 2 rings (SSSR count). The zero-order chi connectivity index (χ0) is 12.4. The van der Waals surface area contributed by atoms with E-state index in [-0.39, 0.29) is 5.84 Å².